The Labute approximate surface area is 374 Å². The summed E-state index contributed by atoms with van der Waals surface area (Å²) < 4.78 is 0. The van der Waals surface area contributed by atoms with Crippen LogP contribution in [0.3, 0.4) is 0 Å². The van der Waals surface area contributed by atoms with E-state index in [-0.39, 0.29) is 71.0 Å². The number of carboxylic acid groups (broad SMARTS) is 1. The van der Waals surface area contributed by atoms with Crippen LogP contribution in [0.1, 0.15) is 109 Å². The Hall–Kier alpha value is -4.97. The standard InChI is InChI=1S/C41H72N12O11/c42-18-4-1-10-26(35(57)49-28(12-3-6-20-44)39(61)53-23-9-15-32(53)41(63)64)47-34(56)27(11-2-5-19-43)48-36(58)31-14-8-22-52(31)40(62)29(16-17-33(46)55)50-37(59)30-13-7-21-51(30)38(60)25(45)24-54/h25-32,54H,1-24,42-45H2,(H2,46,55)(H,47,56)(H,48,58)(H,49,57)(H,50,59)(H,63,64)/t25-,26-,27-,28-,29-,30-,31-,32-/m0/s1. The lowest BCUT2D eigenvalue weighted by molar-refractivity contribution is -0.149. The van der Waals surface area contributed by atoms with Crippen molar-refractivity contribution in [3.63, 3.8) is 0 Å². The molecule has 0 saturated carbocycles. The fourth-order valence-electron chi connectivity index (χ4n) is 8.48. The van der Waals surface area contributed by atoms with Gasteiger partial charge in [0.25, 0.3) is 0 Å². The van der Waals surface area contributed by atoms with Crippen molar-refractivity contribution in [1.29, 1.82) is 0 Å². The van der Waals surface area contributed by atoms with Crippen LogP contribution in [0.5, 0.6) is 0 Å². The predicted octanol–water partition coefficient (Wildman–Crippen LogP) is -4.04. The van der Waals surface area contributed by atoms with Gasteiger partial charge in [-0.05, 0) is 122 Å². The zero-order valence-electron chi connectivity index (χ0n) is 36.9. The first-order chi connectivity index (χ1) is 30.6. The van der Waals surface area contributed by atoms with Crippen molar-refractivity contribution in [3.05, 3.63) is 0 Å². The summed E-state index contributed by atoms with van der Waals surface area (Å²) in [6.45, 7) is 0.871. The summed E-state index contributed by atoms with van der Waals surface area (Å²) in [6, 6.07) is -9.08. The van der Waals surface area contributed by atoms with Gasteiger partial charge < -0.3 is 74.8 Å². The summed E-state index contributed by atoms with van der Waals surface area (Å²) in [5.74, 6) is -6.43. The molecule has 3 aliphatic heterocycles. The Morgan fingerprint density at radius 1 is 0.531 bits per heavy atom. The van der Waals surface area contributed by atoms with Crippen LogP contribution in [0.15, 0.2) is 0 Å². The monoisotopic (exact) mass is 909 g/mol. The van der Waals surface area contributed by atoms with Gasteiger partial charge in [0.1, 0.15) is 48.3 Å². The van der Waals surface area contributed by atoms with E-state index in [1.165, 1.54) is 14.7 Å². The van der Waals surface area contributed by atoms with Crippen LogP contribution in [-0.2, 0) is 43.2 Å². The summed E-state index contributed by atoms with van der Waals surface area (Å²) in [7, 11) is 0. The maximum Gasteiger partial charge on any atom is 0.326 e. The van der Waals surface area contributed by atoms with E-state index in [2.05, 4.69) is 21.3 Å². The van der Waals surface area contributed by atoms with Crippen LogP contribution in [0, 0.1) is 0 Å². The van der Waals surface area contributed by atoms with E-state index < -0.39 is 108 Å². The molecule has 0 aromatic rings. The van der Waals surface area contributed by atoms with E-state index in [0.29, 0.717) is 77.4 Å². The Kier molecular flexibility index (Phi) is 22.8. The lowest BCUT2D eigenvalue weighted by Crippen LogP contribution is -2.60. The summed E-state index contributed by atoms with van der Waals surface area (Å²) in [5, 5.41) is 30.1. The fourth-order valence-corrected chi connectivity index (χ4v) is 8.48. The topological polar surface area (TPSA) is 382 Å². The van der Waals surface area contributed by atoms with Crippen molar-refractivity contribution < 1.29 is 53.4 Å². The molecule has 0 radical (unpaired) electrons. The lowest BCUT2D eigenvalue weighted by Gasteiger charge is -2.32. The summed E-state index contributed by atoms with van der Waals surface area (Å²) >= 11 is 0. The van der Waals surface area contributed by atoms with Crippen molar-refractivity contribution >= 4 is 53.2 Å². The van der Waals surface area contributed by atoms with Crippen molar-refractivity contribution in [3.8, 4) is 0 Å². The summed E-state index contributed by atoms with van der Waals surface area (Å²) in [5.41, 5.74) is 28.3. The largest absolute Gasteiger partial charge is 0.480 e. The molecule has 23 nitrogen and oxygen atoms in total. The molecular weight excluding hydrogens is 837 g/mol. The number of carboxylic acids is 1. The molecule has 3 aliphatic rings. The maximum absolute atomic E-state index is 14.2. The number of nitrogens with zero attached hydrogens (tertiary/aromatic N) is 3. The normalized spacial score (nSPS) is 20.8. The molecule has 362 valence electrons. The number of unbranched alkanes of at least 4 members (excludes halogenated alkanes) is 3. The first kappa shape index (κ1) is 53.4. The van der Waals surface area contributed by atoms with Crippen LogP contribution in [0.2, 0.25) is 0 Å². The van der Waals surface area contributed by atoms with Crippen molar-refractivity contribution in [1.82, 2.24) is 36.0 Å². The van der Waals surface area contributed by atoms with Gasteiger partial charge in [-0.1, -0.05) is 0 Å². The molecule has 3 rings (SSSR count). The van der Waals surface area contributed by atoms with E-state index in [1.54, 1.807) is 0 Å². The van der Waals surface area contributed by atoms with Crippen LogP contribution in [-0.4, -0.2) is 172 Å². The molecule has 0 bridgehead atoms. The highest BCUT2D eigenvalue weighted by atomic mass is 16.4. The number of nitrogens with two attached hydrogens (primary N) is 5. The van der Waals surface area contributed by atoms with Gasteiger partial charge in [-0.15, -0.1) is 0 Å². The number of hydrogen-bond acceptors (Lipinski definition) is 14. The minimum Gasteiger partial charge on any atom is -0.480 e. The number of carbonyl (C=O) groups is 9. The van der Waals surface area contributed by atoms with Gasteiger partial charge in [0, 0.05) is 26.1 Å². The van der Waals surface area contributed by atoms with E-state index in [4.69, 9.17) is 28.7 Å². The summed E-state index contributed by atoms with van der Waals surface area (Å²) in [4.78, 5) is 124. The quantitative estimate of drug-likeness (QED) is 0.0333. The SMILES string of the molecule is NCCCC[C@H](NC(=O)[C@H](CCCCN)NC(=O)[C@@H]1CCCN1C(=O)[C@H](CCC(N)=O)NC(=O)[C@@H]1CCCN1C(=O)[C@@H](N)CO)C(=O)N[C@@H](CCCCN)C(=O)N1CCC[C@H]1C(=O)O. The first-order valence-electron chi connectivity index (χ1n) is 22.7. The second kappa shape index (κ2) is 27.4. The third-order valence-electron chi connectivity index (χ3n) is 12.0. The molecule has 8 atom stereocenters. The number of amides is 8. The fraction of sp³-hybridized carbons (Fsp3) is 0.780. The van der Waals surface area contributed by atoms with Crippen LogP contribution < -0.4 is 49.9 Å². The number of aliphatic carboxylic acids is 1. The molecule has 3 fully saturated rings. The van der Waals surface area contributed by atoms with Crippen LogP contribution >= 0.6 is 0 Å². The highest BCUT2D eigenvalue weighted by molar-refractivity contribution is 5.98. The van der Waals surface area contributed by atoms with Crippen molar-refractivity contribution in [2.24, 2.45) is 28.7 Å². The third kappa shape index (κ3) is 15.6. The Balaban J connectivity index is 1.81. The highest BCUT2D eigenvalue weighted by Crippen LogP contribution is 2.23. The molecular formula is C41H72N12O11. The molecule has 0 aromatic heterocycles. The van der Waals surface area contributed by atoms with Gasteiger partial charge in [-0.3, -0.25) is 38.4 Å². The predicted molar refractivity (Wildman–Crippen MR) is 232 cm³/mol. The average Bonchev–Trinajstić information content (AvgIpc) is 4.08. The number of aliphatic hydroxyl groups excluding tert-OH is 1. The molecule has 0 aromatic carbocycles. The van der Waals surface area contributed by atoms with Crippen LogP contribution in [0.25, 0.3) is 0 Å². The number of aliphatic hydroxyl groups is 1. The Morgan fingerprint density at radius 3 is 1.34 bits per heavy atom. The maximum atomic E-state index is 14.2. The van der Waals surface area contributed by atoms with E-state index in [0.717, 1.165) is 0 Å². The smallest absolute Gasteiger partial charge is 0.326 e. The Bertz CT molecular complexity index is 1620. The summed E-state index contributed by atoms with van der Waals surface area (Å²) in [6.07, 6.45) is 4.96. The van der Waals surface area contributed by atoms with Gasteiger partial charge in [0.2, 0.25) is 47.3 Å². The Morgan fingerprint density at radius 2 is 0.906 bits per heavy atom. The molecule has 0 aliphatic carbocycles. The molecule has 23 heteroatoms. The number of carbonyl (C=O) groups excluding carboxylic acids is 8. The van der Waals surface area contributed by atoms with Gasteiger partial charge in [-0.25, -0.2) is 4.79 Å². The molecule has 0 spiro atoms. The van der Waals surface area contributed by atoms with Crippen molar-refractivity contribution in [2.45, 2.75) is 157 Å². The zero-order valence-corrected chi connectivity index (χ0v) is 36.9. The molecule has 3 heterocycles. The molecule has 8 amide bonds. The number of rotatable bonds is 28. The molecule has 3 saturated heterocycles. The minimum absolute atomic E-state index is 0.114. The van der Waals surface area contributed by atoms with Crippen LogP contribution in [0.4, 0.5) is 0 Å². The number of likely N-dealkylation sites (tertiary alicyclic amines) is 3. The van der Waals surface area contributed by atoms with E-state index >= 15 is 0 Å². The number of primary amides is 1. The average molecular weight is 909 g/mol. The third-order valence-corrected chi connectivity index (χ3v) is 12.0. The minimum atomic E-state index is -1.31. The van der Waals surface area contributed by atoms with Gasteiger partial charge in [0.05, 0.1) is 6.61 Å². The number of hydrogen-bond donors (Lipinski definition) is 11. The lowest BCUT2D eigenvalue weighted by atomic mass is 10.0. The highest BCUT2D eigenvalue weighted by Gasteiger charge is 2.42. The molecule has 0 unspecified atom stereocenters. The van der Waals surface area contributed by atoms with Gasteiger partial charge in [0.15, 0.2) is 0 Å². The molecule has 64 heavy (non-hydrogen) atoms. The zero-order chi connectivity index (χ0) is 47.3. The van der Waals surface area contributed by atoms with Gasteiger partial charge in [-0.2, -0.15) is 0 Å². The molecule has 16 N–H and O–H groups in total. The van der Waals surface area contributed by atoms with Crippen molar-refractivity contribution in [2.75, 3.05) is 45.9 Å². The van der Waals surface area contributed by atoms with Gasteiger partial charge >= 0.3 is 5.97 Å². The van der Waals surface area contributed by atoms with E-state index in [1.807, 2.05) is 0 Å². The second-order valence-corrected chi connectivity index (χ2v) is 16.8. The van der Waals surface area contributed by atoms with E-state index in [9.17, 15) is 53.4 Å². The number of nitrogens with one attached hydrogen (secondary N) is 4. The first-order valence-corrected chi connectivity index (χ1v) is 22.7. The second-order valence-electron chi connectivity index (χ2n) is 16.8.